The van der Waals surface area contributed by atoms with Gasteiger partial charge in [0.15, 0.2) is 0 Å². The van der Waals surface area contributed by atoms with E-state index in [1.54, 1.807) is 12.1 Å². The third-order valence-corrected chi connectivity index (χ3v) is 4.13. The van der Waals surface area contributed by atoms with Gasteiger partial charge in [0.1, 0.15) is 16.9 Å². The molecule has 7 heteroatoms. The van der Waals surface area contributed by atoms with E-state index in [9.17, 15) is 14.7 Å². The van der Waals surface area contributed by atoms with Crippen LogP contribution in [0.2, 0.25) is 0 Å². The highest BCUT2D eigenvalue weighted by atomic mass is 16.6. The first-order valence-corrected chi connectivity index (χ1v) is 8.80. The number of nitrogens with zero attached hydrogens (tertiary/aromatic N) is 1. The van der Waals surface area contributed by atoms with Crippen LogP contribution in [-0.4, -0.2) is 53.9 Å². The molecular formula is C19H28N2O5. The van der Waals surface area contributed by atoms with Gasteiger partial charge < -0.3 is 19.9 Å². The lowest BCUT2D eigenvalue weighted by molar-refractivity contribution is 0.0469. The van der Waals surface area contributed by atoms with Crippen LogP contribution >= 0.6 is 0 Å². The van der Waals surface area contributed by atoms with Crippen LogP contribution in [0.15, 0.2) is 18.2 Å². The molecule has 2 N–H and O–H groups in total. The molecule has 1 fully saturated rings. The van der Waals surface area contributed by atoms with Crippen LogP contribution in [0.4, 0.5) is 4.79 Å². The maximum atomic E-state index is 12.0. The van der Waals surface area contributed by atoms with E-state index in [0.29, 0.717) is 18.8 Å². The van der Waals surface area contributed by atoms with Crippen molar-refractivity contribution in [2.24, 2.45) is 0 Å². The van der Waals surface area contributed by atoms with E-state index in [-0.39, 0.29) is 11.6 Å². The number of hydrogen-bond acceptors (Lipinski definition) is 5. The molecule has 0 spiro atoms. The second kappa shape index (κ2) is 8.40. The lowest BCUT2D eigenvalue weighted by atomic mass is 10.0. The van der Waals surface area contributed by atoms with Crippen LogP contribution in [0.1, 0.15) is 49.5 Å². The van der Waals surface area contributed by atoms with E-state index < -0.39 is 17.7 Å². The van der Waals surface area contributed by atoms with Crippen molar-refractivity contribution >= 4 is 12.1 Å². The van der Waals surface area contributed by atoms with Crippen LogP contribution in [-0.2, 0) is 11.3 Å². The fourth-order valence-corrected chi connectivity index (χ4v) is 3.07. The Balaban J connectivity index is 1.97. The summed E-state index contributed by atoms with van der Waals surface area (Å²) in [6, 6.07) is 5.22. The highest BCUT2D eigenvalue weighted by Crippen LogP contribution is 2.22. The molecule has 26 heavy (non-hydrogen) atoms. The second-order valence-corrected chi connectivity index (χ2v) is 7.56. The standard InChI is InChI=1S/C19H28N2O5/c1-19(2,3)26-18(24)20-14-6-5-9-21(12-14)11-13-7-8-16(25-4)15(10-13)17(22)23/h7-8,10,14H,5-6,9,11-12H2,1-4H3,(H,20,24)(H,22,23)/t14-/m1/s1. The molecule has 0 unspecified atom stereocenters. The van der Waals surface area contributed by atoms with Gasteiger partial charge in [0, 0.05) is 19.1 Å². The number of nitrogens with one attached hydrogen (secondary N) is 1. The Labute approximate surface area is 154 Å². The molecular weight excluding hydrogens is 336 g/mol. The van der Waals surface area contributed by atoms with E-state index in [1.165, 1.54) is 7.11 Å². The van der Waals surface area contributed by atoms with Crippen molar-refractivity contribution in [3.8, 4) is 5.75 Å². The van der Waals surface area contributed by atoms with Crippen molar-refractivity contribution in [2.75, 3.05) is 20.2 Å². The van der Waals surface area contributed by atoms with Gasteiger partial charge in [-0.3, -0.25) is 4.90 Å². The van der Waals surface area contributed by atoms with Gasteiger partial charge in [-0.2, -0.15) is 0 Å². The largest absolute Gasteiger partial charge is 0.496 e. The molecule has 1 heterocycles. The maximum absolute atomic E-state index is 12.0. The molecule has 0 bridgehead atoms. The van der Waals surface area contributed by atoms with Gasteiger partial charge in [0.2, 0.25) is 0 Å². The summed E-state index contributed by atoms with van der Waals surface area (Å²) in [5.41, 5.74) is 0.543. The third-order valence-electron chi connectivity index (χ3n) is 4.13. The van der Waals surface area contributed by atoms with Crippen LogP contribution in [0.3, 0.4) is 0 Å². The Morgan fingerprint density at radius 1 is 1.35 bits per heavy atom. The Hall–Kier alpha value is -2.28. The van der Waals surface area contributed by atoms with Gasteiger partial charge >= 0.3 is 12.1 Å². The highest BCUT2D eigenvalue weighted by Gasteiger charge is 2.24. The van der Waals surface area contributed by atoms with E-state index in [2.05, 4.69) is 10.2 Å². The Morgan fingerprint density at radius 2 is 2.08 bits per heavy atom. The van der Waals surface area contributed by atoms with Crippen molar-refractivity contribution < 1.29 is 24.2 Å². The number of piperidine rings is 1. The molecule has 0 aromatic heterocycles. The van der Waals surface area contributed by atoms with Gasteiger partial charge in [-0.15, -0.1) is 0 Å². The molecule has 0 radical (unpaired) electrons. The normalized spacial score (nSPS) is 18.2. The molecule has 1 aromatic rings. The third kappa shape index (κ3) is 5.91. The number of ether oxygens (including phenoxy) is 2. The Morgan fingerprint density at radius 3 is 2.69 bits per heavy atom. The minimum Gasteiger partial charge on any atom is -0.496 e. The zero-order valence-corrected chi connectivity index (χ0v) is 15.9. The fraction of sp³-hybridized carbons (Fsp3) is 0.579. The number of carbonyl (C=O) groups excluding carboxylic acids is 1. The van der Waals surface area contributed by atoms with Crippen molar-refractivity contribution in [2.45, 2.75) is 51.8 Å². The topological polar surface area (TPSA) is 88.1 Å². The molecule has 1 amide bonds. The van der Waals surface area contributed by atoms with Crippen molar-refractivity contribution in [1.82, 2.24) is 10.2 Å². The Kier molecular flexibility index (Phi) is 6.47. The molecule has 144 valence electrons. The summed E-state index contributed by atoms with van der Waals surface area (Å²) in [5, 5.41) is 12.2. The van der Waals surface area contributed by atoms with Gasteiger partial charge in [0.05, 0.1) is 7.11 Å². The predicted molar refractivity (Wildman–Crippen MR) is 97.6 cm³/mol. The smallest absolute Gasteiger partial charge is 0.407 e. The summed E-state index contributed by atoms with van der Waals surface area (Å²) >= 11 is 0. The molecule has 7 nitrogen and oxygen atoms in total. The van der Waals surface area contributed by atoms with Crippen molar-refractivity contribution in [3.05, 3.63) is 29.3 Å². The molecule has 1 aliphatic rings. The predicted octanol–water partition coefficient (Wildman–Crippen LogP) is 2.88. The van der Waals surface area contributed by atoms with Crippen molar-refractivity contribution in [3.63, 3.8) is 0 Å². The monoisotopic (exact) mass is 364 g/mol. The number of methoxy groups -OCH3 is 1. The number of aromatic carboxylic acids is 1. The number of alkyl carbamates (subject to hydrolysis) is 1. The summed E-state index contributed by atoms with van der Waals surface area (Å²) in [7, 11) is 1.46. The SMILES string of the molecule is COc1ccc(CN2CCC[C@@H](NC(=O)OC(C)(C)C)C2)cc1C(=O)O. The summed E-state index contributed by atoms with van der Waals surface area (Å²) in [6.45, 7) is 7.74. The van der Waals surface area contributed by atoms with Crippen LogP contribution in [0.25, 0.3) is 0 Å². The number of carbonyl (C=O) groups is 2. The zero-order chi connectivity index (χ0) is 19.3. The van der Waals surface area contributed by atoms with Gasteiger partial charge in [-0.25, -0.2) is 9.59 Å². The average molecular weight is 364 g/mol. The lowest BCUT2D eigenvalue weighted by Crippen LogP contribution is -2.48. The number of likely N-dealkylation sites (tertiary alicyclic amines) is 1. The van der Waals surface area contributed by atoms with Gasteiger partial charge in [-0.1, -0.05) is 6.07 Å². The molecule has 1 saturated heterocycles. The first-order chi connectivity index (χ1) is 12.2. The minimum absolute atomic E-state index is 0.0239. The number of amides is 1. The minimum atomic E-state index is -1.01. The quantitative estimate of drug-likeness (QED) is 0.835. The lowest BCUT2D eigenvalue weighted by Gasteiger charge is -2.33. The summed E-state index contributed by atoms with van der Waals surface area (Å²) in [5.74, 6) is -0.656. The summed E-state index contributed by atoms with van der Waals surface area (Å²) in [6.07, 6.45) is 1.46. The van der Waals surface area contributed by atoms with Crippen LogP contribution in [0.5, 0.6) is 5.75 Å². The number of carboxylic acid groups (broad SMARTS) is 1. The number of carboxylic acids is 1. The first kappa shape index (κ1) is 20.0. The van der Waals surface area contributed by atoms with Gasteiger partial charge in [-0.05, 0) is 57.9 Å². The molecule has 2 rings (SSSR count). The summed E-state index contributed by atoms with van der Waals surface area (Å²) < 4.78 is 10.4. The summed E-state index contributed by atoms with van der Waals surface area (Å²) in [4.78, 5) is 25.5. The van der Waals surface area contributed by atoms with Crippen molar-refractivity contribution in [1.29, 1.82) is 0 Å². The molecule has 1 aliphatic heterocycles. The van der Waals surface area contributed by atoms with E-state index in [0.717, 1.165) is 24.9 Å². The number of benzene rings is 1. The van der Waals surface area contributed by atoms with E-state index >= 15 is 0 Å². The van der Waals surface area contributed by atoms with Gasteiger partial charge in [0.25, 0.3) is 0 Å². The molecule has 0 aliphatic carbocycles. The number of rotatable bonds is 5. The Bertz CT molecular complexity index is 654. The van der Waals surface area contributed by atoms with Crippen LogP contribution < -0.4 is 10.1 Å². The average Bonchev–Trinajstić information content (AvgIpc) is 2.53. The first-order valence-electron chi connectivity index (χ1n) is 8.80. The molecule has 1 atom stereocenters. The zero-order valence-electron chi connectivity index (χ0n) is 15.9. The van der Waals surface area contributed by atoms with E-state index in [4.69, 9.17) is 9.47 Å². The molecule has 0 saturated carbocycles. The van der Waals surface area contributed by atoms with E-state index in [1.807, 2.05) is 26.8 Å². The fourth-order valence-electron chi connectivity index (χ4n) is 3.07. The number of hydrogen-bond donors (Lipinski definition) is 2. The second-order valence-electron chi connectivity index (χ2n) is 7.56. The molecule has 1 aromatic carbocycles. The highest BCUT2D eigenvalue weighted by molar-refractivity contribution is 5.91. The maximum Gasteiger partial charge on any atom is 0.407 e. The van der Waals surface area contributed by atoms with Crippen LogP contribution in [0, 0.1) is 0 Å².